The minimum Gasteiger partial charge on any atom is -0.481 e. The Kier molecular flexibility index (Phi) is 19.4. The fourth-order valence-electron chi connectivity index (χ4n) is 6.50. The third kappa shape index (κ3) is 15.4. The Labute approximate surface area is 348 Å². The van der Waals surface area contributed by atoms with Crippen molar-refractivity contribution in [3.05, 3.63) is 140 Å². The van der Waals surface area contributed by atoms with E-state index in [1.54, 1.807) is 13.8 Å². The number of carboxylic acids is 2. The van der Waals surface area contributed by atoms with E-state index in [1.807, 2.05) is 60.7 Å². The van der Waals surface area contributed by atoms with Crippen molar-refractivity contribution in [2.24, 2.45) is 0 Å². The van der Waals surface area contributed by atoms with Gasteiger partial charge in [-0.15, -0.1) is 20.2 Å². The van der Waals surface area contributed by atoms with Crippen molar-refractivity contribution in [2.75, 3.05) is 26.8 Å². The van der Waals surface area contributed by atoms with Crippen LogP contribution in [0.15, 0.2) is 97.1 Å². The number of fused-ring (bicyclic) bond motifs is 6. The first-order chi connectivity index (χ1) is 29.2. The van der Waals surface area contributed by atoms with Crippen LogP contribution in [0.1, 0.15) is 67.2 Å². The van der Waals surface area contributed by atoms with E-state index < -0.39 is 53.9 Å². The molecule has 0 spiro atoms. The molecule has 0 bridgehead atoms. The first-order valence-corrected chi connectivity index (χ1v) is 18.6. The summed E-state index contributed by atoms with van der Waals surface area (Å²) in [5.74, 6) is -1.81. The number of aliphatic carboxylic acids is 2. The molecule has 326 valence electrons. The van der Waals surface area contributed by atoms with E-state index in [1.165, 1.54) is 22.3 Å². The van der Waals surface area contributed by atoms with Gasteiger partial charge in [-0.2, -0.15) is 0 Å². The highest BCUT2D eigenvalue weighted by atomic mass is 17.0. The molecule has 2 amide bonds. The number of ether oxygens (including phenoxy) is 2. The number of hydrogen-bond donors (Lipinski definition) is 6. The number of rotatable bonds is 15. The number of carboxylic acid groups (broad SMARTS) is 2. The van der Waals surface area contributed by atoms with Crippen LogP contribution in [-0.4, -0.2) is 93.6 Å². The molecule has 20 heteroatoms. The summed E-state index contributed by atoms with van der Waals surface area (Å²) < 4.78 is 10.8. The van der Waals surface area contributed by atoms with E-state index in [9.17, 15) is 19.2 Å². The highest BCUT2D eigenvalue weighted by molar-refractivity contribution is 5.80. The minimum atomic E-state index is -1.07. The van der Waals surface area contributed by atoms with Gasteiger partial charge in [-0.25, -0.2) is 9.59 Å². The second-order valence-electron chi connectivity index (χ2n) is 13.2. The van der Waals surface area contributed by atoms with Gasteiger partial charge in [-0.1, -0.05) is 97.1 Å². The predicted molar refractivity (Wildman–Crippen MR) is 215 cm³/mol. The number of carbonyl (C=O) groups is 4. The molecule has 6 rings (SSSR count). The fourth-order valence-corrected chi connectivity index (χ4v) is 6.50. The molecular formula is C41H46N4O16. The van der Waals surface area contributed by atoms with Crippen molar-refractivity contribution in [1.29, 1.82) is 0 Å². The zero-order valence-electron chi connectivity index (χ0n) is 33.1. The molecule has 0 heterocycles. The largest absolute Gasteiger partial charge is 0.481 e. The normalized spacial score (nSPS) is 12.5. The van der Waals surface area contributed by atoms with Gasteiger partial charge in [0.1, 0.15) is 13.2 Å². The summed E-state index contributed by atoms with van der Waals surface area (Å²) in [6, 6.07) is 31.8. The maximum absolute atomic E-state index is 12.0. The Morgan fingerprint density at radius 2 is 0.918 bits per heavy atom. The van der Waals surface area contributed by atoms with Gasteiger partial charge in [-0.05, 0) is 64.8 Å². The molecule has 0 saturated heterocycles. The number of nitrogens with zero attached hydrogens (tertiary/aromatic N) is 2. The van der Waals surface area contributed by atoms with Crippen molar-refractivity contribution < 1.29 is 68.9 Å². The summed E-state index contributed by atoms with van der Waals surface area (Å²) in [6.45, 7) is 2.14. The lowest BCUT2D eigenvalue weighted by molar-refractivity contribution is -0.766. The van der Waals surface area contributed by atoms with Crippen LogP contribution in [0.5, 0.6) is 0 Å². The first-order valence-electron chi connectivity index (χ1n) is 18.6. The third-order valence-electron chi connectivity index (χ3n) is 9.01. The van der Waals surface area contributed by atoms with Gasteiger partial charge < -0.3 is 40.5 Å². The van der Waals surface area contributed by atoms with Crippen molar-refractivity contribution in [3.63, 3.8) is 0 Å². The predicted octanol–water partition coefficient (Wildman–Crippen LogP) is 5.46. The molecular weight excluding hydrogens is 804 g/mol. The summed E-state index contributed by atoms with van der Waals surface area (Å²) in [7, 11) is 0. The Bertz CT molecular complexity index is 2010. The van der Waals surface area contributed by atoms with Gasteiger partial charge in [0.05, 0.1) is 6.42 Å². The van der Waals surface area contributed by atoms with Crippen LogP contribution in [0.4, 0.5) is 9.59 Å². The molecule has 20 nitrogen and oxygen atoms in total. The monoisotopic (exact) mass is 850 g/mol. The minimum absolute atomic E-state index is 0.00192. The number of aliphatic hydroxyl groups is 2. The number of aliphatic hydroxyl groups excluding tert-OH is 2. The second-order valence-corrected chi connectivity index (χ2v) is 13.2. The highest BCUT2D eigenvalue weighted by Crippen LogP contribution is 2.45. The lowest BCUT2D eigenvalue weighted by atomic mass is 9.98. The number of alkyl carbamates (subject to hydrolysis) is 2. The standard InChI is InChI=1S/C20H21NO4.C19H19NO4.2CH3NO4/c1-13(10-11-19(22)23)21-20(24)25-12-18-16-8-4-2-6-14(16)15-7-3-5-9-17(15)18;1-12(10-18(21)22)20-19(23)24-11-17-15-8-4-2-6-13(15)14-7-3-5-9-16(14)17;2*3-1-6-2(4)5/h2-9,13,18H,10-12H2,1H3,(H,21,24)(H,22,23);2-9,12,17H,10-11H2,1H3,(H,20,23)(H,21,22);2*3H,1H2. The molecule has 0 aliphatic heterocycles. The topological polar surface area (TPSA) is 296 Å². The maximum Gasteiger partial charge on any atom is 0.407 e. The van der Waals surface area contributed by atoms with Crippen molar-refractivity contribution in [2.45, 2.75) is 57.0 Å². The molecule has 0 aromatic heterocycles. The zero-order chi connectivity index (χ0) is 44.9. The highest BCUT2D eigenvalue weighted by Gasteiger charge is 2.30. The zero-order valence-corrected chi connectivity index (χ0v) is 33.1. The molecule has 4 aromatic rings. The Hall–Kier alpha value is -7.32. The summed E-state index contributed by atoms with van der Waals surface area (Å²) in [5, 5.41) is 53.7. The SMILES string of the molecule is CC(CC(=O)O)NC(=O)OCC1c2ccccc2-c2ccccc21.CC(CCC(=O)O)NC(=O)OCC1c2ccccc2-c2ccccc21.O=[N+]([O-])OCO.O=[N+]([O-])OCO. The summed E-state index contributed by atoms with van der Waals surface area (Å²) in [5.41, 5.74) is 9.31. The fraction of sp³-hybridized carbons (Fsp3) is 0.317. The number of hydrogen-bond acceptors (Lipinski definition) is 14. The molecule has 2 aliphatic rings. The van der Waals surface area contributed by atoms with Crippen molar-refractivity contribution in [3.8, 4) is 22.3 Å². The quantitative estimate of drug-likeness (QED) is 0.0492. The van der Waals surface area contributed by atoms with Gasteiger partial charge in [0.2, 0.25) is 0 Å². The molecule has 0 radical (unpaired) electrons. The van der Waals surface area contributed by atoms with Gasteiger partial charge in [0.25, 0.3) is 10.2 Å². The van der Waals surface area contributed by atoms with E-state index in [-0.39, 0.29) is 43.9 Å². The Balaban J connectivity index is 0.000000257. The Morgan fingerprint density at radius 3 is 1.20 bits per heavy atom. The smallest absolute Gasteiger partial charge is 0.407 e. The van der Waals surface area contributed by atoms with Crippen LogP contribution in [0.2, 0.25) is 0 Å². The van der Waals surface area contributed by atoms with E-state index in [4.69, 9.17) is 50.1 Å². The molecule has 2 aliphatic carbocycles. The van der Waals surface area contributed by atoms with Gasteiger partial charge in [-0.3, -0.25) is 19.3 Å². The number of amides is 2. The lowest BCUT2D eigenvalue weighted by Gasteiger charge is -2.16. The first kappa shape index (κ1) is 48.1. The summed E-state index contributed by atoms with van der Waals surface area (Å²) in [6.07, 6.45) is -0.848. The lowest BCUT2D eigenvalue weighted by Crippen LogP contribution is -2.35. The molecule has 2 atom stereocenters. The third-order valence-corrected chi connectivity index (χ3v) is 9.01. The van der Waals surface area contributed by atoms with Crippen LogP contribution >= 0.6 is 0 Å². The molecule has 6 N–H and O–H groups in total. The average Bonchev–Trinajstić information content (AvgIpc) is 3.71. The van der Waals surface area contributed by atoms with Gasteiger partial charge >= 0.3 is 24.1 Å². The molecule has 0 fully saturated rings. The second kappa shape index (κ2) is 24.6. The van der Waals surface area contributed by atoms with Crippen molar-refractivity contribution in [1.82, 2.24) is 10.6 Å². The van der Waals surface area contributed by atoms with Gasteiger partial charge in [0.15, 0.2) is 13.6 Å². The Morgan fingerprint density at radius 1 is 0.590 bits per heavy atom. The molecule has 2 unspecified atom stereocenters. The van der Waals surface area contributed by atoms with E-state index in [0.717, 1.165) is 22.3 Å². The van der Waals surface area contributed by atoms with Crippen LogP contribution in [0.3, 0.4) is 0 Å². The number of carbonyl (C=O) groups excluding carboxylic acids is 2. The average molecular weight is 851 g/mol. The summed E-state index contributed by atoms with van der Waals surface area (Å²) in [4.78, 5) is 69.8. The van der Waals surface area contributed by atoms with Crippen molar-refractivity contribution >= 4 is 24.1 Å². The van der Waals surface area contributed by atoms with E-state index in [2.05, 4.69) is 56.7 Å². The van der Waals surface area contributed by atoms with Crippen LogP contribution in [-0.2, 0) is 28.7 Å². The van der Waals surface area contributed by atoms with Crippen LogP contribution < -0.4 is 10.6 Å². The molecule has 61 heavy (non-hydrogen) atoms. The van der Waals surface area contributed by atoms with Crippen LogP contribution in [0, 0.1) is 20.2 Å². The summed E-state index contributed by atoms with van der Waals surface area (Å²) >= 11 is 0. The number of nitrogens with one attached hydrogen (secondary N) is 2. The van der Waals surface area contributed by atoms with E-state index >= 15 is 0 Å². The van der Waals surface area contributed by atoms with Crippen LogP contribution in [0.25, 0.3) is 22.3 Å². The maximum atomic E-state index is 12.0. The van der Waals surface area contributed by atoms with E-state index in [0.29, 0.717) is 6.42 Å². The number of benzene rings is 4. The molecule has 0 saturated carbocycles. The van der Waals surface area contributed by atoms with Gasteiger partial charge in [0, 0.05) is 30.3 Å². The molecule has 4 aromatic carbocycles.